The molecule has 0 aliphatic rings. The van der Waals surface area contributed by atoms with Crippen molar-refractivity contribution in [2.75, 3.05) is 18.0 Å². The molecule has 0 radical (unpaired) electrons. The van der Waals surface area contributed by atoms with Crippen molar-refractivity contribution >= 4 is 11.5 Å². The van der Waals surface area contributed by atoms with Gasteiger partial charge in [0.15, 0.2) is 5.84 Å². The average Bonchev–Trinajstić information content (AvgIpc) is 2.34. The van der Waals surface area contributed by atoms with Gasteiger partial charge in [-0.25, -0.2) is 0 Å². The van der Waals surface area contributed by atoms with E-state index in [9.17, 15) is 13.2 Å². The minimum absolute atomic E-state index is 0.194. The zero-order valence-corrected chi connectivity index (χ0v) is 9.65. The molecule has 0 fully saturated rings. The zero-order chi connectivity index (χ0) is 13.8. The van der Waals surface area contributed by atoms with Gasteiger partial charge in [0, 0.05) is 6.54 Å². The van der Waals surface area contributed by atoms with Crippen LogP contribution in [0.2, 0.25) is 0 Å². The summed E-state index contributed by atoms with van der Waals surface area (Å²) in [5.41, 5.74) is 5.82. The number of nitrogens with zero attached hydrogens (tertiary/aromatic N) is 3. The predicted molar refractivity (Wildman–Crippen MR) is 60.7 cm³/mol. The summed E-state index contributed by atoms with van der Waals surface area (Å²) in [7, 11) is 0. The largest absolute Gasteiger partial charge is 0.409 e. The van der Waals surface area contributed by atoms with E-state index in [4.69, 9.17) is 10.9 Å². The highest BCUT2D eigenvalue weighted by atomic mass is 19.4. The van der Waals surface area contributed by atoms with Crippen LogP contribution >= 0.6 is 0 Å². The van der Waals surface area contributed by atoms with E-state index in [1.807, 2.05) is 0 Å². The fraction of sp³-hybridized carbons (Fsp3) is 0.400. The SMILES string of the molecule is CCN(CC(F)(F)F)c1ccc(/C(N)=N/O)nc1. The van der Waals surface area contributed by atoms with Crippen LogP contribution in [0, 0.1) is 0 Å². The Hall–Kier alpha value is -1.99. The third-order valence-electron chi connectivity index (χ3n) is 2.24. The van der Waals surface area contributed by atoms with Gasteiger partial charge in [-0.2, -0.15) is 13.2 Å². The van der Waals surface area contributed by atoms with Gasteiger partial charge in [-0.1, -0.05) is 5.16 Å². The number of pyridine rings is 1. The number of hydrogen-bond donors (Lipinski definition) is 2. The summed E-state index contributed by atoms with van der Waals surface area (Å²) in [5, 5.41) is 11.2. The van der Waals surface area contributed by atoms with Gasteiger partial charge in [-0.15, -0.1) is 0 Å². The van der Waals surface area contributed by atoms with Crippen molar-refractivity contribution in [3.8, 4) is 0 Å². The summed E-state index contributed by atoms with van der Waals surface area (Å²) in [4.78, 5) is 4.95. The minimum Gasteiger partial charge on any atom is -0.409 e. The molecule has 0 aromatic carbocycles. The van der Waals surface area contributed by atoms with Crippen molar-refractivity contribution in [2.45, 2.75) is 13.1 Å². The van der Waals surface area contributed by atoms with E-state index >= 15 is 0 Å². The Balaban J connectivity index is 2.89. The summed E-state index contributed by atoms with van der Waals surface area (Å²) in [6.07, 6.45) is -3.02. The van der Waals surface area contributed by atoms with Gasteiger partial charge in [0.1, 0.15) is 12.2 Å². The van der Waals surface area contributed by atoms with Crippen LogP contribution in [-0.4, -0.2) is 35.3 Å². The maximum atomic E-state index is 12.3. The van der Waals surface area contributed by atoms with Crippen molar-refractivity contribution < 1.29 is 18.4 Å². The van der Waals surface area contributed by atoms with E-state index < -0.39 is 12.7 Å². The number of aromatic nitrogens is 1. The first kappa shape index (κ1) is 14.1. The first-order valence-corrected chi connectivity index (χ1v) is 5.13. The lowest BCUT2D eigenvalue weighted by Crippen LogP contribution is -2.34. The van der Waals surface area contributed by atoms with Crippen LogP contribution in [0.3, 0.4) is 0 Å². The Bertz CT molecular complexity index is 416. The first-order valence-electron chi connectivity index (χ1n) is 5.13. The molecule has 0 atom stereocenters. The zero-order valence-electron chi connectivity index (χ0n) is 9.65. The summed E-state index contributed by atoms with van der Waals surface area (Å²) in [6, 6.07) is 2.83. The molecule has 3 N–H and O–H groups in total. The molecular formula is C10H13F3N4O. The highest BCUT2D eigenvalue weighted by Gasteiger charge is 2.30. The highest BCUT2D eigenvalue weighted by molar-refractivity contribution is 5.95. The predicted octanol–water partition coefficient (Wildman–Crippen LogP) is 1.56. The summed E-state index contributed by atoms with van der Waals surface area (Å²) >= 11 is 0. The normalized spacial score (nSPS) is 12.6. The number of alkyl halides is 3. The number of halogens is 3. The quantitative estimate of drug-likeness (QED) is 0.374. The number of amidine groups is 1. The molecule has 18 heavy (non-hydrogen) atoms. The Morgan fingerprint density at radius 3 is 2.56 bits per heavy atom. The molecule has 0 aliphatic carbocycles. The van der Waals surface area contributed by atoms with Gasteiger partial charge in [0.05, 0.1) is 11.9 Å². The van der Waals surface area contributed by atoms with E-state index in [0.717, 1.165) is 4.90 Å². The number of rotatable bonds is 4. The van der Waals surface area contributed by atoms with Crippen molar-refractivity contribution in [2.24, 2.45) is 10.9 Å². The molecule has 0 aliphatic heterocycles. The highest BCUT2D eigenvalue weighted by Crippen LogP contribution is 2.21. The lowest BCUT2D eigenvalue weighted by atomic mass is 10.3. The Morgan fingerprint density at radius 1 is 1.50 bits per heavy atom. The van der Waals surface area contributed by atoms with Crippen molar-refractivity contribution in [1.29, 1.82) is 0 Å². The standard InChI is InChI=1S/C10H13F3N4O/c1-2-17(6-10(11,12)13)7-3-4-8(15-5-7)9(14)16-18/h3-5,18H,2,6H2,1H3,(H2,14,16). The topological polar surface area (TPSA) is 74.7 Å². The molecule has 1 rings (SSSR count). The molecule has 0 bridgehead atoms. The Labute approximate surface area is 102 Å². The molecule has 8 heteroatoms. The second-order valence-electron chi connectivity index (χ2n) is 3.52. The van der Waals surface area contributed by atoms with Crippen LogP contribution in [0.25, 0.3) is 0 Å². The lowest BCUT2D eigenvalue weighted by Gasteiger charge is -2.24. The monoisotopic (exact) mass is 262 g/mol. The summed E-state index contributed by atoms with van der Waals surface area (Å²) < 4.78 is 36.9. The smallest absolute Gasteiger partial charge is 0.405 e. The van der Waals surface area contributed by atoms with Crippen LogP contribution in [-0.2, 0) is 0 Å². The van der Waals surface area contributed by atoms with Gasteiger partial charge in [0.2, 0.25) is 0 Å². The third kappa shape index (κ3) is 3.79. The Kier molecular flexibility index (Phi) is 4.35. The molecule has 0 amide bonds. The minimum atomic E-state index is -4.28. The molecule has 100 valence electrons. The van der Waals surface area contributed by atoms with Crippen LogP contribution in [0.5, 0.6) is 0 Å². The van der Waals surface area contributed by atoms with Crippen LogP contribution < -0.4 is 10.6 Å². The second kappa shape index (κ2) is 5.56. The van der Waals surface area contributed by atoms with Crippen LogP contribution in [0.15, 0.2) is 23.5 Å². The van der Waals surface area contributed by atoms with Gasteiger partial charge in [-0.05, 0) is 19.1 Å². The van der Waals surface area contributed by atoms with Gasteiger partial charge in [0.25, 0.3) is 0 Å². The van der Waals surface area contributed by atoms with E-state index in [1.54, 1.807) is 6.92 Å². The Morgan fingerprint density at radius 2 is 2.17 bits per heavy atom. The molecule has 0 saturated carbocycles. The fourth-order valence-electron chi connectivity index (χ4n) is 1.38. The number of anilines is 1. The van der Waals surface area contributed by atoms with Gasteiger partial charge in [-0.3, -0.25) is 4.98 Å². The van der Waals surface area contributed by atoms with E-state index in [1.165, 1.54) is 18.3 Å². The van der Waals surface area contributed by atoms with Crippen molar-refractivity contribution in [3.05, 3.63) is 24.0 Å². The molecule has 0 saturated heterocycles. The lowest BCUT2D eigenvalue weighted by molar-refractivity contribution is -0.119. The van der Waals surface area contributed by atoms with E-state index in [2.05, 4.69) is 10.1 Å². The van der Waals surface area contributed by atoms with Gasteiger partial charge < -0.3 is 15.8 Å². The van der Waals surface area contributed by atoms with Gasteiger partial charge >= 0.3 is 6.18 Å². The maximum Gasteiger partial charge on any atom is 0.405 e. The first-order chi connectivity index (χ1) is 8.37. The fourth-order valence-corrected chi connectivity index (χ4v) is 1.38. The maximum absolute atomic E-state index is 12.3. The van der Waals surface area contributed by atoms with Crippen molar-refractivity contribution in [3.63, 3.8) is 0 Å². The molecular weight excluding hydrogens is 249 g/mol. The second-order valence-corrected chi connectivity index (χ2v) is 3.52. The molecule has 1 aromatic heterocycles. The van der Waals surface area contributed by atoms with E-state index in [0.29, 0.717) is 5.69 Å². The molecule has 0 unspecified atom stereocenters. The number of oxime groups is 1. The van der Waals surface area contributed by atoms with E-state index in [-0.39, 0.29) is 18.1 Å². The molecule has 1 heterocycles. The summed E-state index contributed by atoms with van der Waals surface area (Å²) in [6.45, 7) is 0.765. The number of hydrogen-bond acceptors (Lipinski definition) is 4. The van der Waals surface area contributed by atoms with Crippen molar-refractivity contribution in [1.82, 2.24) is 4.98 Å². The average molecular weight is 262 g/mol. The third-order valence-corrected chi connectivity index (χ3v) is 2.24. The molecule has 0 spiro atoms. The van der Waals surface area contributed by atoms with Crippen LogP contribution in [0.1, 0.15) is 12.6 Å². The number of nitrogens with two attached hydrogens (primary N) is 1. The molecule has 1 aromatic rings. The van der Waals surface area contributed by atoms with Crippen LogP contribution in [0.4, 0.5) is 18.9 Å². The molecule has 5 nitrogen and oxygen atoms in total. The summed E-state index contributed by atoms with van der Waals surface area (Å²) in [5.74, 6) is -0.194.